The van der Waals surface area contributed by atoms with Crippen LogP contribution in [0.2, 0.25) is 0 Å². The van der Waals surface area contributed by atoms with Crippen LogP contribution in [0.25, 0.3) is 0 Å². The maximum absolute atomic E-state index is 12.6. The van der Waals surface area contributed by atoms with Crippen LogP contribution in [-0.4, -0.2) is 70.7 Å². The maximum Gasteiger partial charge on any atom is 0.306 e. The lowest BCUT2D eigenvalue weighted by Gasteiger charge is -2.28. The van der Waals surface area contributed by atoms with Crippen LogP contribution >= 0.6 is 7.82 Å². The first-order valence-electron chi connectivity index (χ1n) is 20.1. The third kappa shape index (κ3) is 38.1. The zero-order chi connectivity index (χ0) is 36.3. The molecule has 0 bridgehead atoms. The molecule has 0 aromatic carbocycles. The smallest absolute Gasteiger partial charge is 0.306 e. The van der Waals surface area contributed by atoms with Gasteiger partial charge in [-0.15, -0.1) is 0 Å². The van der Waals surface area contributed by atoms with E-state index in [1.165, 1.54) is 96.3 Å². The minimum atomic E-state index is -4.52. The number of quaternary nitrogens is 1. The van der Waals surface area contributed by atoms with E-state index in [4.69, 9.17) is 18.5 Å². The van der Waals surface area contributed by atoms with Crippen molar-refractivity contribution in [2.45, 2.75) is 174 Å². The van der Waals surface area contributed by atoms with Gasteiger partial charge in [0.25, 0.3) is 7.82 Å². The van der Waals surface area contributed by atoms with E-state index < -0.39 is 13.9 Å². The zero-order valence-electron chi connectivity index (χ0n) is 32.6. The van der Waals surface area contributed by atoms with Crippen molar-refractivity contribution in [3.63, 3.8) is 0 Å². The number of ether oxygens (including phenoxy) is 2. The van der Waals surface area contributed by atoms with Crippen LogP contribution in [0, 0.1) is 0 Å². The van der Waals surface area contributed by atoms with Gasteiger partial charge in [0.05, 0.1) is 34.4 Å². The molecule has 49 heavy (non-hydrogen) atoms. The molecular formula is C40H78NO7P. The van der Waals surface area contributed by atoms with Crippen molar-refractivity contribution in [1.82, 2.24) is 0 Å². The number of phosphoric ester groups is 1. The van der Waals surface area contributed by atoms with E-state index in [1.807, 2.05) is 21.1 Å². The Bertz CT molecular complexity index is 843. The summed E-state index contributed by atoms with van der Waals surface area (Å²) in [6.07, 6.45) is 36.1. The highest BCUT2D eigenvalue weighted by Gasteiger charge is 2.20. The van der Waals surface area contributed by atoms with Gasteiger partial charge in [0.15, 0.2) is 0 Å². The van der Waals surface area contributed by atoms with Gasteiger partial charge in [-0.3, -0.25) is 9.36 Å². The van der Waals surface area contributed by atoms with Crippen molar-refractivity contribution < 1.29 is 37.3 Å². The lowest BCUT2D eigenvalue weighted by Crippen LogP contribution is -2.37. The number of hydrogen-bond donors (Lipinski definition) is 0. The fourth-order valence-corrected chi connectivity index (χ4v) is 6.06. The van der Waals surface area contributed by atoms with Crippen molar-refractivity contribution >= 4 is 13.8 Å². The quantitative estimate of drug-likeness (QED) is 0.0208. The van der Waals surface area contributed by atoms with Crippen LogP contribution in [0.4, 0.5) is 0 Å². The lowest BCUT2D eigenvalue weighted by atomic mass is 10.0. The average molecular weight is 716 g/mol. The summed E-state index contributed by atoms with van der Waals surface area (Å²) in [5.41, 5.74) is 0. The van der Waals surface area contributed by atoms with Gasteiger partial charge in [0, 0.05) is 13.0 Å². The van der Waals surface area contributed by atoms with Gasteiger partial charge < -0.3 is 27.9 Å². The predicted octanol–water partition coefficient (Wildman–Crippen LogP) is 10.6. The largest absolute Gasteiger partial charge is 0.756 e. The fraction of sp³-hybridized carbons (Fsp3) is 0.875. The van der Waals surface area contributed by atoms with Gasteiger partial charge in [0.2, 0.25) is 0 Å². The summed E-state index contributed by atoms with van der Waals surface area (Å²) in [5.74, 6) is -0.339. The van der Waals surface area contributed by atoms with Crippen LogP contribution in [0.15, 0.2) is 24.3 Å². The first-order chi connectivity index (χ1) is 23.6. The molecule has 0 fully saturated rings. The Balaban J connectivity index is 4.28. The molecule has 2 atom stereocenters. The van der Waals surface area contributed by atoms with E-state index in [2.05, 4.69) is 38.2 Å². The zero-order valence-corrected chi connectivity index (χ0v) is 33.5. The maximum atomic E-state index is 12.6. The molecule has 0 aromatic rings. The standard InChI is InChI=1S/C40H78NO7P/c1-6-8-10-12-14-16-18-20-21-22-24-26-28-30-32-35-45-37-39(38-47-49(43,44)46-36-34-41(3,4)5)48-40(42)33-31-29-27-25-23-19-17-15-13-11-9-7-2/h12,14,18,20,39H,6-11,13,15-17,19,21-38H2,1-5H3/b14-12-,20-18-. The summed E-state index contributed by atoms with van der Waals surface area (Å²) < 4.78 is 34.5. The second-order valence-electron chi connectivity index (χ2n) is 14.6. The van der Waals surface area contributed by atoms with Crippen molar-refractivity contribution in [3.05, 3.63) is 24.3 Å². The second-order valence-corrected chi connectivity index (χ2v) is 16.1. The Hall–Kier alpha value is -1.02. The average Bonchev–Trinajstić information content (AvgIpc) is 3.04. The Morgan fingerprint density at radius 2 is 1.14 bits per heavy atom. The highest BCUT2D eigenvalue weighted by atomic mass is 31.2. The van der Waals surface area contributed by atoms with Crippen molar-refractivity contribution in [1.29, 1.82) is 0 Å². The molecule has 0 aromatic heterocycles. The summed E-state index contributed by atoms with van der Waals surface area (Å²) >= 11 is 0. The molecule has 0 saturated heterocycles. The number of esters is 1. The SMILES string of the molecule is CCCC/C=C\C/C=C\CCCCCCCCOCC(COP(=O)([O-])OCC[N+](C)(C)C)OC(=O)CCCCCCCCCCCCCC. The highest BCUT2D eigenvalue weighted by Crippen LogP contribution is 2.38. The van der Waals surface area contributed by atoms with Crippen LogP contribution in [-0.2, 0) is 27.9 Å². The molecule has 0 rings (SSSR count). The van der Waals surface area contributed by atoms with Gasteiger partial charge >= 0.3 is 5.97 Å². The molecule has 0 spiro atoms. The molecular weight excluding hydrogens is 637 g/mol. The molecule has 0 N–H and O–H groups in total. The summed E-state index contributed by atoms with van der Waals surface area (Å²) in [6, 6.07) is 0. The van der Waals surface area contributed by atoms with Gasteiger partial charge in [-0.1, -0.05) is 147 Å². The summed E-state index contributed by atoms with van der Waals surface area (Å²) in [4.78, 5) is 24.9. The number of hydrogen-bond acceptors (Lipinski definition) is 7. The molecule has 0 amide bonds. The van der Waals surface area contributed by atoms with E-state index in [0.29, 0.717) is 24.1 Å². The van der Waals surface area contributed by atoms with Crippen LogP contribution < -0.4 is 4.89 Å². The van der Waals surface area contributed by atoms with Crippen molar-refractivity contribution in [2.75, 3.05) is 54.1 Å². The van der Waals surface area contributed by atoms with Crippen LogP contribution in [0.3, 0.4) is 0 Å². The highest BCUT2D eigenvalue weighted by molar-refractivity contribution is 7.45. The second kappa shape index (κ2) is 34.1. The molecule has 9 heteroatoms. The minimum Gasteiger partial charge on any atom is -0.756 e. The van der Waals surface area contributed by atoms with E-state index >= 15 is 0 Å². The minimum absolute atomic E-state index is 0.0255. The van der Waals surface area contributed by atoms with Gasteiger partial charge in [-0.05, 0) is 38.5 Å². The molecule has 0 heterocycles. The van der Waals surface area contributed by atoms with E-state index in [9.17, 15) is 14.3 Å². The van der Waals surface area contributed by atoms with Crippen molar-refractivity contribution in [2.24, 2.45) is 0 Å². The van der Waals surface area contributed by atoms with E-state index in [1.54, 1.807) is 0 Å². The number of allylic oxidation sites excluding steroid dienone is 4. The topological polar surface area (TPSA) is 94.1 Å². The van der Waals surface area contributed by atoms with Gasteiger partial charge in [-0.25, -0.2) is 0 Å². The van der Waals surface area contributed by atoms with Crippen LogP contribution in [0.5, 0.6) is 0 Å². The summed E-state index contributed by atoms with van der Waals surface area (Å²) in [6.45, 7) is 5.35. The van der Waals surface area contributed by atoms with Crippen LogP contribution in [0.1, 0.15) is 168 Å². The monoisotopic (exact) mass is 716 g/mol. The summed E-state index contributed by atoms with van der Waals surface area (Å²) in [5, 5.41) is 0. The van der Waals surface area contributed by atoms with Gasteiger partial charge in [-0.2, -0.15) is 0 Å². The molecule has 290 valence electrons. The number of unbranched alkanes of at least 4 members (excludes halogenated alkanes) is 19. The number of carbonyl (C=O) groups excluding carboxylic acids is 1. The molecule has 0 aliphatic rings. The van der Waals surface area contributed by atoms with E-state index in [0.717, 1.165) is 51.4 Å². The molecule has 8 nitrogen and oxygen atoms in total. The lowest BCUT2D eigenvalue weighted by molar-refractivity contribution is -0.870. The Labute approximate surface area is 303 Å². The number of rotatable bonds is 37. The summed E-state index contributed by atoms with van der Waals surface area (Å²) in [7, 11) is 1.35. The fourth-order valence-electron chi connectivity index (χ4n) is 5.33. The molecule has 0 aliphatic carbocycles. The van der Waals surface area contributed by atoms with Gasteiger partial charge in [0.1, 0.15) is 19.3 Å². The number of carbonyl (C=O) groups is 1. The molecule has 0 radical (unpaired) electrons. The molecule has 2 unspecified atom stereocenters. The number of nitrogens with zero attached hydrogens (tertiary/aromatic N) is 1. The number of likely N-dealkylation sites (N-methyl/N-ethyl adjacent to an activating group) is 1. The Morgan fingerprint density at radius 1 is 0.633 bits per heavy atom. The number of phosphoric acid groups is 1. The first kappa shape index (κ1) is 48.0. The first-order valence-corrected chi connectivity index (χ1v) is 21.5. The Kier molecular flexibility index (Phi) is 33.4. The van der Waals surface area contributed by atoms with Crippen molar-refractivity contribution in [3.8, 4) is 0 Å². The van der Waals surface area contributed by atoms with E-state index in [-0.39, 0.29) is 25.8 Å². The predicted molar refractivity (Wildman–Crippen MR) is 204 cm³/mol. The third-order valence-electron chi connectivity index (χ3n) is 8.51. The molecule has 0 aliphatic heterocycles. The Morgan fingerprint density at radius 3 is 1.71 bits per heavy atom. The molecule has 0 saturated carbocycles. The third-order valence-corrected chi connectivity index (χ3v) is 9.47. The normalized spacial score (nSPS) is 14.2.